The SMILES string of the molecule is CC(=O)Nc1ccc2c(COC(=O)c3ccc4c(=O)n5c(nc4c3)CCC5)cc(=O)oc2c1. The van der Waals surface area contributed by atoms with Crippen LogP contribution in [0.3, 0.4) is 0 Å². The fourth-order valence-corrected chi connectivity index (χ4v) is 4.07. The van der Waals surface area contributed by atoms with Crippen LogP contribution in [0.5, 0.6) is 0 Å². The van der Waals surface area contributed by atoms with Crippen LogP contribution in [0.15, 0.2) is 56.5 Å². The van der Waals surface area contributed by atoms with Crippen LogP contribution in [0.4, 0.5) is 5.69 Å². The average Bonchev–Trinajstić information content (AvgIpc) is 3.25. The van der Waals surface area contributed by atoms with Crippen molar-refractivity contribution in [1.82, 2.24) is 9.55 Å². The summed E-state index contributed by atoms with van der Waals surface area (Å²) in [6, 6.07) is 10.8. The minimum Gasteiger partial charge on any atom is -0.457 e. The number of benzene rings is 2. The summed E-state index contributed by atoms with van der Waals surface area (Å²) in [5.41, 5.74) is 1.24. The number of rotatable bonds is 4. The van der Waals surface area contributed by atoms with E-state index in [1.165, 1.54) is 25.1 Å². The van der Waals surface area contributed by atoms with E-state index in [1.54, 1.807) is 28.8 Å². The number of carbonyl (C=O) groups excluding carboxylic acids is 2. The van der Waals surface area contributed by atoms with E-state index in [4.69, 9.17) is 9.15 Å². The quantitative estimate of drug-likeness (QED) is 0.379. The first-order chi connectivity index (χ1) is 15.9. The Kier molecular flexibility index (Phi) is 5.01. The predicted molar refractivity (Wildman–Crippen MR) is 120 cm³/mol. The molecular formula is C24H19N3O6. The van der Waals surface area contributed by atoms with Gasteiger partial charge in [-0.15, -0.1) is 0 Å². The van der Waals surface area contributed by atoms with E-state index < -0.39 is 11.6 Å². The van der Waals surface area contributed by atoms with E-state index in [9.17, 15) is 19.2 Å². The van der Waals surface area contributed by atoms with Gasteiger partial charge in [0.15, 0.2) is 0 Å². The Labute approximate surface area is 186 Å². The maximum atomic E-state index is 12.7. The number of carbonyl (C=O) groups is 2. The van der Waals surface area contributed by atoms with Crippen LogP contribution in [-0.2, 0) is 29.1 Å². The molecule has 5 rings (SSSR count). The molecule has 2 aromatic carbocycles. The molecule has 1 aliphatic rings. The minimum atomic E-state index is -0.601. The molecule has 0 aliphatic carbocycles. The first-order valence-electron chi connectivity index (χ1n) is 10.4. The lowest BCUT2D eigenvalue weighted by atomic mass is 10.1. The van der Waals surface area contributed by atoms with E-state index in [0.29, 0.717) is 34.1 Å². The fourth-order valence-electron chi connectivity index (χ4n) is 4.07. The maximum absolute atomic E-state index is 12.7. The van der Waals surface area contributed by atoms with Gasteiger partial charge in [-0.05, 0) is 36.8 Å². The van der Waals surface area contributed by atoms with Crippen LogP contribution >= 0.6 is 0 Å². The van der Waals surface area contributed by atoms with Gasteiger partial charge in [0.1, 0.15) is 18.0 Å². The summed E-state index contributed by atoms with van der Waals surface area (Å²) in [4.78, 5) is 53.1. The van der Waals surface area contributed by atoms with Crippen molar-refractivity contribution < 1.29 is 18.7 Å². The lowest BCUT2D eigenvalue weighted by molar-refractivity contribution is -0.114. The summed E-state index contributed by atoms with van der Waals surface area (Å²) >= 11 is 0. The maximum Gasteiger partial charge on any atom is 0.338 e. The van der Waals surface area contributed by atoms with E-state index in [-0.39, 0.29) is 29.2 Å². The molecule has 3 heterocycles. The van der Waals surface area contributed by atoms with Crippen LogP contribution in [-0.4, -0.2) is 21.4 Å². The van der Waals surface area contributed by atoms with Crippen molar-refractivity contribution in [2.45, 2.75) is 32.9 Å². The lowest BCUT2D eigenvalue weighted by Crippen LogP contribution is -2.21. The van der Waals surface area contributed by atoms with Gasteiger partial charge in [0.25, 0.3) is 5.56 Å². The van der Waals surface area contributed by atoms with Crippen LogP contribution < -0.4 is 16.5 Å². The van der Waals surface area contributed by atoms with E-state index in [1.807, 2.05) is 0 Å². The molecular weight excluding hydrogens is 426 g/mol. The number of ether oxygens (including phenoxy) is 1. The first-order valence-corrected chi connectivity index (χ1v) is 10.4. The molecule has 0 saturated carbocycles. The third-order valence-electron chi connectivity index (χ3n) is 5.56. The Morgan fingerprint density at radius 1 is 1.12 bits per heavy atom. The number of amides is 1. The molecule has 9 heteroatoms. The number of nitrogens with one attached hydrogen (secondary N) is 1. The Balaban J connectivity index is 1.41. The lowest BCUT2D eigenvalue weighted by Gasteiger charge is -2.09. The predicted octanol–water partition coefficient (Wildman–Crippen LogP) is 2.76. The van der Waals surface area contributed by atoms with Gasteiger partial charge >= 0.3 is 11.6 Å². The zero-order valence-electron chi connectivity index (χ0n) is 17.7. The van der Waals surface area contributed by atoms with Crippen LogP contribution in [0.1, 0.15) is 35.1 Å². The molecule has 33 heavy (non-hydrogen) atoms. The zero-order valence-corrected chi connectivity index (χ0v) is 17.7. The van der Waals surface area contributed by atoms with Crippen molar-refractivity contribution in [2.24, 2.45) is 0 Å². The largest absolute Gasteiger partial charge is 0.457 e. The van der Waals surface area contributed by atoms with Crippen LogP contribution in [0.2, 0.25) is 0 Å². The van der Waals surface area contributed by atoms with E-state index in [2.05, 4.69) is 10.3 Å². The molecule has 0 fully saturated rings. The van der Waals surface area contributed by atoms with Gasteiger partial charge in [-0.2, -0.15) is 0 Å². The van der Waals surface area contributed by atoms with Crippen LogP contribution in [0, 0.1) is 0 Å². The highest BCUT2D eigenvalue weighted by molar-refractivity contribution is 5.95. The van der Waals surface area contributed by atoms with Gasteiger partial charge in [0.05, 0.1) is 16.5 Å². The van der Waals surface area contributed by atoms with Crippen molar-refractivity contribution in [3.8, 4) is 0 Å². The number of hydrogen-bond acceptors (Lipinski definition) is 7. The fraction of sp³-hybridized carbons (Fsp3) is 0.208. The standard InChI is InChI=1S/C24H19N3O6/c1-13(28)25-16-5-7-17-15(10-22(29)33-20(17)11-16)12-32-24(31)14-4-6-18-19(9-14)26-21-3-2-8-27(21)23(18)30/h4-7,9-11H,2-3,8,12H2,1H3,(H,25,28). The molecule has 0 atom stereocenters. The van der Waals surface area contributed by atoms with Crippen molar-refractivity contribution >= 4 is 39.4 Å². The summed E-state index contributed by atoms with van der Waals surface area (Å²) in [7, 11) is 0. The number of esters is 1. The highest BCUT2D eigenvalue weighted by Crippen LogP contribution is 2.23. The summed E-state index contributed by atoms with van der Waals surface area (Å²) in [5, 5.41) is 3.67. The van der Waals surface area contributed by atoms with Crippen molar-refractivity contribution in [2.75, 3.05) is 5.32 Å². The monoisotopic (exact) mass is 445 g/mol. The number of nitrogens with zero attached hydrogens (tertiary/aromatic N) is 2. The molecule has 1 N–H and O–H groups in total. The van der Waals surface area contributed by atoms with Gasteiger partial charge in [-0.25, -0.2) is 14.6 Å². The molecule has 166 valence electrons. The number of fused-ring (bicyclic) bond motifs is 3. The van der Waals surface area contributed by atoms with Gasteiger partial charge in [0.2, 0.25) is 5.91 Å². The minimum absolute atomic E-state index is 0.103. The van der Waals surface area contributed by atoms with Gasteiger partial charge in [-0.1, -0.05) is 0 Å². The second kappa shape index (κ2) is 8.01. The average molecular weight is 445 g/mol. The number of aryl methyl sites for hydroxylation is 1. The van der Waals surface area contributed by atoms with E-state index >= 15 is 0 Å². The molecule has 0 saturated heterocycles. The third kappa shape index (κ3) is 3.89. The molecule has 9 nitrogen and oxygen atoms in total. The number of hydrogen-bond donors (Lipinski definition) is 1. The molecule has 2 aromatic heterocycles. The number of anilines is 1. The molecule has 0 spiro atoms. The summed E-state index contributed by atoms with van der Waals surface area (Å²) in [6.45, 7) is 1.88. The highest BCUT2D eigenvalue weighted by atomic mass is 16.5. The van der Waals surface area contributed by atoms with Gasteiger partial charge in [0, 0.05) is 48.7 Å². The molecule has 0 bridgehead atoms. The van der Waals surface area contributed by atoms with Crippen molar-refractivity contribution in [1.29, 1.82) is 0 Å². The van der Waals surface area contributed by atoms with Crippen LogP contribution in [0.25, 0.3) is 21.9 Å². The second-order valence-corrected chi connectivity index (χ2v) is 7.88. The molecule has 1 amide bonds. The third-order valence-corrected chi connectivity index (χ3v) is 5.56. The van der Waals surface area contributed by atoms with Gasteiger partial charge in [-0.3, -0.25) is 14.2 Å². The van der Waals surface area contributed by atoms with Crippen molar-refractivity contribution in [3.05, 3.63) is 80.2 Å². The topological polar surface area (TPSA) is 121 Å². The highest BCUT2D eigenvalue weighted by Gasteiger charge is 2.18. The Hall–Kier alpha value is -4.27. The molecule has 1 aliphatic heterocycles. The first kappa shape index (κ1) is 20.6. The summed E-state index contributed by atoms with van der Waals surface area (Å²) in [5.74, 6) is -0.131. The summed E-state index contributed by atoms with van der Waals surface area (Å²) in [6.07, 6.45) is 1.60. The van der Waals surface area contributed by atoms with Gasteiger partial charge < -0.3 is 14.5 Å². The molecule has 0 radical (unpaired) electrons. The Morgan fingerprint density at radius 2 is 1.94 bits per heavy atom. The molecule has 0 unspecified atom stereocenters. The van der Waals surface area contributed by atoms with E-state index in [0.717, 1.165) is 18.7 Å². The Morgan fingerprint density at radius 3 is 2.76 bits per heavy atom. The zero-order chi connectivity index (χ0) is 23.1. The second-order valence-electron chi connectivity index (χ2n) is 7.88. The Bertz CT molecular complexity index is 1570. The smallest absolute Gasteiger partial charge is 0.338 e. The normalized spacial score (nSPS) is 12.6. The summed E-state index contributed by atoms with van der Waals surface area (Å²) < 4.78 is 12.3. The molecule has 4 aromatic rings. The van der Waals surface area contributed by atoms with Crippen molar-refractivity contribution in [3.63, 3.8) is 0 Å². The number of aromatic nitrogens is 2.